The number of hydrogen-bond acceptors (Lipinski definition) is 4. The van der Waals surface area contributed by atoms with Crippen LogP contribution in [0.5, 0.6) is 0 Å². The van der Waals surface area contributed by atoms with Crippen molar-refractivity contribution in [3.05, 3.63) is 35.4 Å². The first-order chi connectivity index (χ1) is 6.81. The van der Waals surface area contributed by atoms with E-state index in [0.29, 0.717) is 5.71 Å². The van der Waals surface area contributed by atoms with Crippen LogP contribution in [0.3, 0.4) is 0 Å². The van der Waals surface area contributed by atoms with Crippen LogP contribution in [0, 0.1) is 0 Å². The molecule has 0 saturated carbocycles. The Morgan fingerprint density at radius 2 is 2.07 bits per heavy atom. The van der Waals surface area contributed by atoms with Gasteiger partial charge < -0.3 is 10.9 Å². The number of nitrogens with zero attached hydrogens (tertiary/aromatic N) is 2. The van der Waals surface area contributed by atoms with Crippen molar-refractivity contribution in [2.24, 2.45) is 15.9 Å². The van der Waals surface area contributed by atoms with Gasteiger partial charge in [-0.1, -0.05) is 24.3 Å². The third kappa shape index (κ3) is 2.40. The van der Waals surface area contributed by atoms with Crippen molar-refractivity contribution >= 4 is 11.9 Å². The summed E-state index contributed by atoms with van der Waals surface area (Å²) < 4.78 is 0. The van der Waals surface area contributed by atoms with Crippen LogP contribution >= 0.6 is 0 Å². The number of hydrazone groups is 1. The highest BCUT2D eigenvalue weighted by atomic mass is 16.3. The van der Waals surface area contributed by atoms with E-state index >= 15 is 0 Å². The summed E-state index contributed by atoms with van der Waals surface area (Å²) in [6, 6.07) is 7.34. The van der Waals surface area contributed by atoms with E-state index < -0.39 is 0 Å². The van der Waals surface area contributed by atoms with Crippen LogP contribution in [0.4, 0.5) is 0 Å². The molecule has 3 N–H and O–H groups in total. The van der Waals surface area contributed by atoms with Crippen LogP contribution in [0.15, 0.2) is 34.4 Å². The molecule has 1 rings (SSSR count). The average molecular weight is 191 g/mol. The Morgan fingerprint density at radius 3 is 2.50 bits per heavy atom. The number of aliphatic hydroxyl groups is 1. The molecule has 1 aromatic rings. The summed E-state index contributed by atoms with van der Waals surface area (Å²) >= 11 is 0. The number of aliphatic hydroxyl groups excluding tert-OH is 1. The van der Waals surface area contributed by atoms with Crippen molar-refractivity contribution in [1.82, 2.24) is 0 Å². The smallest absolute Gasteiger partial charge is 0.108 e. The number of benzene rings is 1. The van der Waals surface area contributed by atoms with E-state index in [1.54, 1.807) is 13.3 Å². The van der Waals surface area contributed by atoms with Gasteiger partial charge in [0.05, 0.1) is 6.61 Å². The first-order valence-electron chi connectivity index (χ1n) is 4.22. The Morgan fingerprint density at radius 1 is 1.43 bits per heavy atom. The summed E-state index contributed by atoms with van der Waals surface area (Å²) in [5.41, 5.74) is 2.37. The number of hydrogen-bond donors (Lipinski definition) is 2. The van der Waals surface area contributed by atoms with Gasteiger partial charge in [-0.15, -0.1) is 0 Å². The second-order valence-corrected chi connectivity index (χ2v) is 2.76. The van der Waals surface area contributed by atoms with Gasteiger partial charge in [0.1, 0.15) is 5.71 Å². The fourth-order valence-corrected chi connectivity index (χ4v) is 1.09. The predicted octanol–water partition coefficient (Wildman–Crippen LogP) is 0.542. The van der Waals surface area contributed by atoms with Crippen molar-refractivity contribution < 1.29 is 5.11 Å². The Balaban J connectivity index is 2.96. The molecule has 0 aliphatic heterocycles. The van der Waals surface area contributed by atoms with Crippen molar-refractivity contribution in [3.8, 4) is 0 Å². The summed E-state index contributed by atoms with van der Waals surface area (Å²) in [6.07, 6.45) is 1.59. The van der Waals surface area contributed by atoms with Crippen molar-refractivity contribution in [1.29, 1.82) is 0 Å². The molecular formula is C10H13N3O. The lowest BCUT2D eigenvalue weighted by molar-refractivity contribution is 0.282. The summed E-state index contributed by atoms with van der Waals surface area (Å²) in [6.45, 7) is 0.0389. The van der Waals surface area contributed by atoms with E-state index in [1.165, 1.54) is 0 Å². The number of rotatable bonds is 3. The van der Waals surface area contributed by atoms with Gasteiger partial charge in [0.2, 0.25) is 0 Å². The Bertz CT molecular complexity index is 341. The molecule has 0 saturated heterocycles. The maximum Gasteiger partial charge on any atom is 0.108 e. The topological polar surface area (TPSA) is 71.0 Å². The van der Waals surface area contributed by atoms with E-state index in [1.807, 2.05) is 24.3 Å². The van der Waals surface area contributed by atoms with Crippen LogP contribution in [-0.2, 0) is 6.61 Å². The quantitative estimate of drug-likeness (QED) is 0.416. The van der Waals surface area contributed by atoms with Crippen LogP contribution in [-0.4, -0.2) is 24.1 Å². The molecule has 0 radical (unpaired) electrons. The third-order valence-electron chi connectivity index (χ3n) is 1.82. The molecule has 4 heteroatoms. The third-order valence-corrected chi connectivity index (χ3v) is 1.82. The van der Waals surface area contributed by atoms with Crippen LogP contribution < -0.4 is 5.84 Å². The van der Waals surface area contributed by atoms with Crippen molar-refractivity contribution in [3.63, 3.8) is 0 Å². The zero-order valence-corrected chi connectivity index (χ0v) is 8.01. The molecule has 0 unspecified atom stereocenters. The van der Waals surface area contributed by atoms with E-state index in [4.69, 9.17) is 10.9 Å². The summed E-state index contributed by atoms with van der Waals surface area (Å²) in [7, 11) is 1.66. The first-order valence-corrected chi connectivity index (χ1v) is 4.22. The number of nitrogens with two attached hydrogens (primary N) is 1. The fraction of sp³-hybridized carbons (Fsp3) is 0.200. The zero-order chi connectivity index (χ0) is 10.4. The maximum absolute atomic E-state index is 8.85. The molecule has 0 spiro atoms. The molecule has 74 valence electrons. The second-order valence-electron chi connectivity index (χ2n) is 2.76. The van der Waals surface area contributed by atoms with Crippen LogP contribution in [0.25, 0.3) is 0 Å². The van der Waals surface area contributed by atoms with Gasteiger partial charge in [0.25, 0.3) is 0 Å². The predicted molar refractivity (Wildman–Crippen MR) is 57.5 cm³/mol. The highest BCUT2D eigenvalue weighted by Crippen LogP contribution is 2.04. The molecule has 14 heavy (non-hydrogen) atoms. The molecule has 4 nitrogen and oxygen atoms in total. The minimum absolute atomic E-state index is 0.0389. The minimum atomic E-state index is 0.0389. The molecule has 0 bridgehead atoms. The largest absolute Gasteiger partial charge is 0.392 e. The monoisotopic (exact) mass is 191 g/mol. The van der Waals surface area contributed by atoms with Gasteiger partial charge in [0, 0.05) is 18.8 Å². The molecule has 1 aromatic carbocycles. The van der Waals surface area contributed by atoms with E-state index in [0.717, 1.165) is 11.1 Å². The molecule has 0 aromatic heterocycles. The van der Waals surface area contributed by atoms with Gasteiger partial charge in [-0.25, -0.2) is 0 Å². The standard InChI is InChI=1S/C10H13N3O/c1-12-6-10(13-11)9-4-2-8(7-14)3-5-9/h2-6,14H,7,11H2,1H3. The van der Waals surface area contributed by atoms with E-state index in [2.05, 4.69) is 10.1 Å². The molecule has 0 amide bonds. The highest BCUT2D eigenvalue weighted by molar-refractivity contribution is 6.38. The van der Waals surface area contributed by atoms with Crippen LogP contribution in [0.1, 0.15) is 11.1 Å². The first kappa shape index (κ1) is 10.4. The summed E-state index contributed by atoms with van der Waals surface area (Å²) in [5.74, 6) is 5.21. The zero-order valence-electron chi connectivity index (χ0n) is 8.01. The Hall–Kier alpha value is -1.68. The van der Waals surface area contributed by atoms with Gasteiger partial charge in [0.15, 0.2) is 0 Å². The maximum atomic E-state index is 8.85. The summed E-state index contributed by atoms with van der Waals surface area (Å²) in [5, 5.41) is 12.5. The molecule has 0 fully saturated rings. The average Bonchev–Trinajstić information content (AvgIpc) is 2.26. The normalized spacial score (nSPS) is 12.3. The van der Waals surface area contributed by atoms with Crippen molar-refractivity contribution in [2.75, 3.05) is 7.05 Å². The molecule has 0 heterocycles. The van der Waals surface area contributed by atoms with Crippen LogP contribution in [0.2, 0.25) is 0 Å². The van der Waals surface area contributed by atoms with Gasteiger partial charge >= 0.3 is 0 Å². The van der Waals surface area contributed by atoms with E-state index in [-0.39, 0.29) is 6.61 Å². The Kier molecular flexibility index (Phi) is 3.82. The number of aliphatic imine (C=N–C) groups is 1. The lowest BCUT2D eigenvalue weighted by atomic mass is 10.1. The Labute approximate surface area is 82.8 Å². The molecule has 0 aliphatic rings. The summed E-state index contributed by atoms with van der Waals surface area (Å²) in [4.78, 5) is 3.84. The molecule has 0 atom stereocenters. The SMILES string of the molecule is CN=CC(=NN)c1ccc(CO)cc1. The van der Waals surface area contributed by atoms with Crippen molar-refractivity contribution in [2.45, 2.75) is 6.61 Å². The van der Waals surface area contributed by atoms with Gasteiger partial charge in [-0.3, -0.25) is 4.99 Å². The molecule has 0 aliphatic carbocycles. The minimum Gasteiger partial charge on any atom is -0.392 e. The van der Waals surface area contributed by atoms with Gasteiger partial charge in [-0.05, 0) is 5.56 Å². The lowest BCUT2D eigenvalue weighted by Crippen LogP contribution is -2.05. The highest BCUT2D eigenvalue weighted by Gasteiger charge is 1.99. The van der Waals surface area contributed by atoms with Gasteiger partial charge in [-0.2, -0.15) is 5.10 Å². The molecular weight excluding hydrogens is 178 g/mol. The van der Waals surface area contributed by atoms with E-state index in [9.17, 15) is 0 Å². The lowest BCUT2D eigenvalue weighted by Gasteiger charge is -2.00. The second kappa shape index (κ2) is 5.14. The fourth-order valence-electron chi connectivity index (χ4n) is 1.09.